The monoisotopic (exact) mass is 507 g/mol. The van der Waals surface area contributed by atoms with Crippen LogP contribution in [0.5, 0.6) is 0 Å². The van der Waals surface area contributed by atoms with Crippen LogP contribution in [-0.4, -0.2) is 59.1 Å². The molecule has 35 heavy (non-hydrogen) atoms. The Morgan fingerprint density at radius 2 is 2.11 bits per heavy atom. The number of thiazole rings is 1. The number of hydrogen-bond acceptors (Lipinski definition) is 7. The van der Waals surface area contributed by atoms with Gasteiger partial charge in [0.1, 0.15) is 5.76 Å². The number of rotatable bonds is 7. The average Bonchev–Trinajstić information content (AvgIpc) is 3.43. The first-order valence-electron chi connectivity index (χ1n) is 12.9. The van der Waals surface area contributed by atoms with Crippen LogP contribution in [0.25, 0.3) is 0 Å². The summed E-state index contributed by atoms with van der Waals surface area (Å²) in [5.41, 5.74) is 1.87. The molecule has 0 bridgehead atoms. The number of alkyl halides is 2. The van der Waals surface area contributed by atoms with E-state index in [0.717, 1.165) is 74.7 Å². The van der Waals surface area contributed by atoms with E-state index in [1.54, 1.807) is 22.3 Å². The Morgan fingerprint density at radius 3 is 2.86 bits per heavy atom. The van der Waals surface area contributed by atoms with E-state index in [-0.39, 0.29) is 31.3 Å². The molecule has 0 spiro atoms. The minimum atomic E-state index is -2.60. The quantitative estimate of drug-likeness (QED) is 0.601. The molecular weight excluding hydrogens is 472 g/mol. The molecule has 0 unspecified atom stereocenters. The van der Waals surface area contributed by atoms with Gasteiger partial charge in [0.15, 0.2) is 5.13 Å². The number of aryl methyl sites for hydroxylation is 1. The van der Waals surface area contributed by atoms with E-state index < -0.39 is 5.92 Å². The van der Waals surface area contributed by atoms with Crippen LogP contribution in [0.1, 0.15) is 67.0 Å². The molecule has 3 aliphatic rings. The number of halogens is 2. The van der Waals surface area contributed by atoms with Crippen molar-refractivity contribution >= 4 is 22.4 Å². The number of piperidine rings is 1. The number of nitrogens with one attached hydrogen (secondary N) is 1. The van der Waals surface area contributed by atoms with Gasteiger partial charge in [-0.1, -0.05) is 5.16 Å². The molecule has 7 nitrogen and oxygen atoms in total. The molecule has 0 radical (unpaired) electrons. The lowest BCUT2D eigenvalue weighted by Crippen LogP contribution is -2.42. The highest BCUT2D eigenvalue weighted by molar-refractivity contribution is 7.15. The van der Waals surface area contributed by atoms with Crippen LogP contribution in [0.3, 0.4) is 0 Å². The first kappa shape index (κ1) is 24.6. The van der Waals surface area contributed by atoms with Gasteiger partial charge in [-0.25, -0.2) is 13.8 Å². The predicted molar refractivity (Wildman–Crippen MR) is 131 cm³/mol. The molecule has 1 N–H and O–H groups in total. The zero-order chi connectivity index (χ0) is 24.4. The molecule has 2 aromatic rings. The van der Waals surface area contributed by atoms with Crippen LogP contribution in [0.2, 0.25) is 0 Å². The van der Waals surface area contributed by atoms with Gasteiger partial charge in [-0.3, -0.25) is 9.69 Å². The summed E-state index contributed by atoms with van der Waals surface area (Å²) < 4.78 is 32.8. The van der Waals surface area contributed by atoms with E-state index in [9.17, 15) is 13.6 Å². The normalized spacial score (nSPS) is 24.8. The van der Waals surface area contributed by atoms with Crippen molar-refractivity contribution in [2.75, 3.05) is 31.1 Å². The number of aromatic nitrogens is 2. The van der Waals surface area contributed by atoms with Crippen LogP contribution in [0.4, 0.5) is 13.9 Å². The fraction of sp³-hybridized carbons (Fsp3) is 0.720. The molecule has 5 rings (SSSR count). The van der Waals surface area contributed by atoms with Gasteiger partial charge in [-0.05, 0) is 64.3 Å². The van der Waals surface area contributed by atoms with Gasteiger partial charge in [0, 0.05) is 43.0 Å². The number of anilines is 1. The van der Waals surface area contributed by atoms with Crippen molar-refractivity contribution in [2.24, 2.45) is 5.92 Å². The summed E-state index contributed by atoms with van der Waals surface area (Å²) in [7, 11) is 0. The molecule has 1 saturated carbocycles. The Labute approximate surface area is 209 Å². The van der Waals surface area contributed by atoms with E-state index in [1.807, 2.05) is 6.92 Å². The van der Waals surface area contributed by atoms with Crippen molar-refractivity contribution in [1.82, 2.24) is 20.4 Å². The number of carbonyl (C=O) groups is 1. The lowest BCUT2D eigenvalue weighted by Gasteiger charge is -2.32. The zero-order valence-corrected chi connectivity index (χ0v) is 21.2. The van der Waals surface area contributed by atoms with Crippen molar-refractivity contribution in [3.63, 3.8) is 0 Å². The number of carbonyl (C=O) groups excluding carboxylic acids is 1. The summed E-state index contributed by atoms with van der Waals surface area (Å²) in [5, 5.41) is 7.76. The second-order valence-electron chi connectivity index (χ2n) is 10.5. The smallest absolute Gasteiger partial charge is 0.265 e. The minimum Gasteiger partial charge on any atom is -0.361 e. The summed E-state index contributed by atoms with van der Waals surface area (Å²) in [6, 6.07) is 2.05. The van der Waals surface area contributed by atoms with E-state index in [1.165, 1.54) is 4.88 Å². The summed E-state index contributed by atoms with van der Waals surface area (Å²) in [5.74, 6) is -1.30. The first-order valence-corrected chi connectivity index (χ1v) is 13.7. The molecule has 1 amide bonds. The van der Waals surface area contributed by atoms with Gasteiger partial charge >= 0.3 is 0 Å². The van der Waals surface area contributed by atoms with Crippen LogP contribution in [-0.2, 0) is 24.2 Å². The summed E-state index contributed by atoms with van der Waals surface area (Å²) >= 11 is 1.61. The highest BCUT2D eigenvalue weighted by Crippen LogP contribution is 2.35. The topological polar surface area (TPSA) is 74.5 Å². The van der Waals surface area contributed by atoms with E-state index in [4.69, 9.17) is 9.51 Å². The lowest BCUT2D eigenvalue weighted by molar-refractivity contribution is -0.121. The van der Waals surface area contributed by atoms with E-state index >= 15 is 0 Å². The molecule has 1 saturated heterocycles. The maximum atomic E-state index is 13.8. The summed E-state index contributed by atoms with van der Waals surface area (Å²) in [4.78, 5) is 22.6. The maximum Gasteiger partial charge on any atom is 0.265 e. The Kier molecular flexibility index (Phi) is 7.39. The predicted octanol–water partition coefficient (Wildman–Crippen LogP) is 4.34. The van der Waals surface area contributed by atoms with Crippen molar-refractivity contribution in [2.45, 2.75) is 83.2 Å². The van der Waals surface area contributed by atoms with Crippen molar-refractivity contribution in [3.8, 4) is 0 Å². The van der Waals surface area contributed by atoms with Crippen LogP contribution in [0, 0.1) is 12.8 Å². The second-order valence-corrected chi connectivity index (χ2v) is 11.5. The molecule has 10 heteroatoms. The van der Waals surface area contributed by atoms with Gasteiger partial charge < -0.3 is 14.7 Å². The summed E-state index contributed by atoms with van der Waals surface area (Å²) in [6.45, 7) is 5.20. The highest BCUT2D eigenvalue weighted by atomic mass is 32.1. The Balaban J connectivity index is 1.03. The van der Waals surface area contributed by atoms with Crippen molar-refractivity contribution in [3.05, 3.63) is 28.1 Å². The van der Waals surface area contributed by atoms with Gasteiger partial charge in [0.2, 0.25) is 5.91 Å². The number of amides is 1. The second kappa shape index (κ2) is 10.5. The third-order valence-electron chi connectivity index (χ3n) is 7.54. The lowest BCUT2D eigenvalue weighted by atomic mass is 9.84. The average molecular weight is 508 g/mol. The molecule has 2 aromatic heterocycles. The standard InChI is InChI=1S/C25H35F2N5O2S/c1-17-13-20(34-30-17)14-23(33)28-19-5-3-18(4-6-19)7-11-31-12-8-22-21(15-31)29-24(35-22)32-10-2-9-25(26,27)16-32/h13,18-19H,2-12,14-16H2,1H3,(H,28,33)/t18-,19-. The third-order valence-corrected chi connectivity index (χ3v) is 8.75. The van der Waals surface area contributed by atoms with Crippen molar-refractivity contribution in [1.29, 1.82) is 0 Å². The van der Waals surface area contributed by atoms with Crippen LogP contribution in [0.15, 0.2) is 10.6 Å². The fourth-order valence-corrected chi connectivity index (χ4v) is 6.67. The number of nitrogens with zero attached hydrogens (tertiary/aromatic N) is 4. The molecule has 2 aliphatic heterocycles. The maximum absolute atomic E-state index is 13.8. The van der Waals surface area contributed by atoms with Crippen LogP contribution < -0.4 is 10.2 Å². The van der Waals surface area contributed by atoms with Gasteiger partial charge in [-0.2, -0.15) is 0 Å². The number of fused-ring (bicyclic) bond motifs is 1. The molecule has 2 fully saturated rings. The fourth-order valence-electron chi connectivity index (χ4n) is 5.59. The minimum absolute atomic E-state index is 0.00428. The first-order chi connectivity index (χ1) is 16.8. The van der Waals surface area contributed by atoms with E-state index in [0.29, 0.717) is 24.6 Å². The Morgan fingerprint density at radius 1 is 1.29 bits per heavy atom. The van der Waals surface area contributed by atoms with Crippen LogP contribution >= 0.6 is 11.3 Å². The molecular formula is C25H35F2N5O2S. The number of hydrogen-bond donors (Lipinski definition) is 1. The summed E-state index contributed by atoms with van der Waals surface area (Å²) in [6.07, 6.45) is 7.18. The van der Waals surface area contributed by atoms with E-state index in [2.05, 4.69) is 15.4 Å². The molecule has 0 atom stereocenters. The van der Waals surface area contributed by atoms with Crippen molar-refractivity contribution < 1.29 is 18.1 Å². The molecule has 192 valence electrons. The van der Waals surface area contributed by atoms with Gasteiger partial charge in [0.25, 0.3) is 5.92 Å². The SMILES string of the molecule is Cc1cc(CC(=O)N[C@H]2CC[C@H](CCN3CCc4sc(N5CCCC(F)(F)C5)nc4C3)CC2)on1. The third kappa shape index (κ3) is 6.39. The largest absolute Gasteiger partial charge is 0.361 e. The molecule has 1 aliphatic carbocycles. The highest BCUT2D eigenvalue weighted by Gasteiger charge is 2.37. The Hall–Kier alpha value is -2.07. The Bertz CT molecular complexity index is 1020. The molecule has 0 aromatic carbocycles. The molecule has 4 heterocycles. The van der Waals surface area contributed by atoms with Gasteiger partial charge in [-0.15, -0.1) is 11.3 Å². The zero-order valence-electron chi connectivity index (χ0n) is 20.4. The van der Waals surface area contributed by atoms with Gasteiger partial charge in [0.05, 0.1) is 24.4 Å².